The van der Waals surface area contributed by atoms with Gasteiger partial charge in [-0.15, -0.1) is 0 Å². The summed E-state index contributed by atoms with van der Waals surface area (Å²) in [5, 5.41) is 3.11. The van der Waals surface area contributed by atoms with E-state index in [4.69, 9.17) is 9.47 Å². The molecule has 0 bridgehead atoms. The molecule has 1 aliphatic rings. The average molecular weight is 383 g/mol. The minimum Gasteiger partial charge on any atom is -0.497 e. The first-order chi connectivity index (χ1) is 13.6. The van der Waals surface area contributed by atoms with Crippen LogP contribution in [-0.4, -0.2) is 50.8 Å². The molecule has 0 spiro atoms. The van der Waals surface area contributed by atoms with E-state index in [0.717, 1.165) is 26.3 Å². The molecule has 1 fully saturated rings. The Morgan fingerprint density at radius 3 is 2.43 bits per heavy atom. The Morgan fingerprint density at radius 1 is 1.11 bits per heavy atom. The van der Waals surface area contributed by atoms with Crippen LogP contribution in [0.1, 0.15) is 47.3 Å². The second-order valence-corrected chi connectivity index (χ2v) is 7.43. The number of carbonyl (C=O) groups is 1. The highest BCUT2D eigenvalue weighted by atomic mass is 16.5. The van der Waals surface area contributed by atoms with E-state index in [-0.39, 0.29) is 11.9 Å². The number of methoxy groups -OCH3 is 1. The monoisotopic (exact) mass is 382 g/mol. The van der Waals surface area contributed by atoms with Crippen molar-refractivity contribution in [2.45, 2.75) is 25.8 Å². The van der Waals surface area contributed by atoms with Gasteiger partial charge >= 0.3 is 0 Å². The molecular weight excluding hydrogens is 352 g/mol. The number of ether oxygens (including phenoxy) is 2. The lowest BCUT2D eigenvalue weighted by molar-refractivity contribution is 0.0162. The Labute approximate surface area is 167 Å². The van der Waals surface area contributed by atoms with Crippen molar-refractivity contribution in [2.24, 2.45) is 0 Å². The van der Waals surface area contributed by atoms with Crippen LogP contribution in [0.15, 0.2) is 48.5 Å². The van der Waals surface area contributed by atoms with E-state index in [2.05, 4.69) is 48.3 Å². The smallest absolute Gasteiger partial charge is 0.251 e. The summed E-state index contributed by atoms with van der Waals surface area (Å²) in [7, 11) is 1.60. The number of rotatable bonds is 7. The number of hydrogen-bond donors (Lipinski definition) is 1. The number of hydrogen-bond acceptors (Lipinski definition) is 4. The first-order valence-corrected chi connectivity index (χ1v) is 9.92. The topological polar surface area (TPSA) is 50.8 Å². The molecule has 1 aliphatic heterocycles. The highest BCUT2D eigenvalue weighted by Gasteiger charge is 2.23. The molecule has 3 rings (SSSR count). The Kier molecular flexibility index (Phi) is 7.06. The van der Waals surface area contributed by atoms with Gasteiger partial charge < -0.3 is 14.8 Å². The molecule has 0 aromatic heterocycles. The summed E-state index contributed by atoms with van der Waals surface area (Å²) in [5.74, 6) is 1.10. The highest BCUT2D eigenvalue weighted by molar-refractivity contribution is 5.94. The second kappa shape index (κ2) is 9.71. The molecule has 1 heterocycles. The van der Waals surface area contributed by atoms with Gasteiger partial charge in [0.2, 0.25) is 0 Å². The Hall–Kier alpha value is -2.37. The molecule has 2 aromatic rings. The molecule has 0 aliphatic carbocycles. The van der Waals surface area contributed by atoms with Crippen LogP contribution in [0, 0.1) is 0 Å². The van der Waals surface area contributed by atoms with E-state index in [9.17, 15) is 4.79 Å². The van der Waals surface area contributed by atoms with Gasteiger partial charge in [0.15, 0.2) is 0 Å². The third kappa shape index (κ3) is 5.12. The minimum absolute atomic E-state index is 0.0871. The summed E-state index contributed by atoms with van der Waals surface area (Å²) in [6, 6.07) is 16.1. The van der Waals surface area contributed by atoms with Gasteiger partial charge in [-0.1, -0.05) is 44.2 Å². The molecule has 0 unspecified atom stereocenters. The van der Waals surface area contributed by atoms with Gasteiger partial charge in [-0.05, 0) is 35.2 Å². The van der Waals surface area contributed by atoms with Crippen molar-refractivity contribution in [1.29, 1.82) is 0 Å². The van der Waals surface area contributed by atoms with Gasteiger partial charge in [0.05, 0.1) is 26.4 Å². The predicted molar refractivity (Wildman–Crippen MR) is 111 cm³/mol. The van der Waals surface area contributed by atoms with Crippen molar-refractivity contribution in [2.75, 3.05) is 40.0 Å². The summed E-state index contributed by atoms with van der Waals surface area (Å²) in [6.45, 7) is 8.13. The zero-order chi connectivity index (χ0) is 19.9. The average Bonchev–Trinajstić information content (AvgIpc) is 2.75. The normalized spacial score (nSPS) is 16.0. The first kappa shape index (κ1) is 20.4. The maximum Gasteiger partial charge on any atom is 0.251 e. The molecule has 0 saturated carbocycles. The van der Waals surface area contributed by atoms with Crippen LogP contribution >= 0.6 is 0 Å². The molecule has 5 nitrogen and oxygen atoms in total. The van der Waals surface area contributed by atoms with Gasteiger partial charge in [-0.25, -0.2) is 0 Å². The number of nitrogens with one attached hydrogen (secondary N) is 1. The fourth-order valence-electron chi connectivity index (χ4n) is 3.51. The number of amides is 1. The van der Waals surface area contributed by atoms with Crippen molar-refractivity contribution < 1.29 is 14.3 Å². The first-order valence-electron chi connectivity index (χ1n) is 9.92. The SMILES string of the molecule is COc1cccc(C(=O)NC[C@H](c2ccc(C(C)C)cc2)N2CCOCC2)c1. The third-order valence-corrected chi connectivity index (χ3v) is 5.26. The van der Waals surface area contributed by atoms with Crippen molar-refractivity contribution in [3.8, 4) is 5.75 Å². The van der Waals surface area contributed by atoms with Gasteiger partial charge in [0.25, 0.3) is 5.91 Å². The summed E-state index contributed by atoms with van der Waals surface area (Å²) < 4.78 is 10.7. The van der Waals surface area contributed by atoms with Crippen molar-refractivity contribution in [1.82, 2.24) is 10.2 Å². The van der Waals surface area contributed by atoms with Crippen LogP contribution < -0.4 is 10.1 Å². The summed E-state index contributed by atoms with van der Waals surface area (Å²) in [4.78, 5) is 15.1. The Bertz CT molecular complexity index is 768. The summed E-state index contributed by atoms with van der Waals surface area (Å²) >= 11 is 0. The molecule has 150 valence electrons. The van der Waals surface area contributed by atoms with Crippen LogP contribution in [0.4, 0.5) is 0 Å². The number of benzene rings is 2. The van der Waals surface area contributed by atoms with Gasteiger partial charge in [-0.3, -0.25) is 9.69 Å². The standard InChI is InChI=1S/C23H30N2O3/c1-17(2)18-7-9-19(10-8-18)22(25-11-13-28-14-12-25)16-24-23(26)20-5-4-6-21(15-20)27-3/h4-10,15,17,22H,11-14,16H2,1-3H3,(H,24,26)/t22-/m1/s1. The van der Waals surface area contributed by atoms with Crippen LogP contribution in [-0.2, 0) is 4.74 Å². The highest BCUT2D eigenvalue weighted by Crippen LogP contribution is 2.24. The molecular formula is C23H30N2O3. The number of morpholine rings is 1. The van der Waals surface area contributed by atoms with Gasteiger partial charge in [-0.2, -0.15) is 0 Å². The van der Waals surface area contributed by atoms with E-state index in [1.165, 1.54) is 11.1 Å². The maximum atomic E-state index is 12.7. The van der Waals surface area contributed by atoms with E-state index >= 15 is 0 Å². The molecule has 1 saturated heterocycles. The second-order valence-electron chi connectivity index (χ2n) is 7.43. The lowest BCUT2D eigenvalue weighted by atomic mass is 9.98. The molecule has 2 aromatic carbocycles. The van der Waals surface area contributed by atoms with Gasteiger partial charge in [0, 0.05) is 25.2 Å². The lowest BCUT2D eigenvalue weighted by Crippen LogP contribution is -2.43. The van der Waals surface area contributed by atoms with E-state index in [1.54, 1.807) is 19.2 Å². The van der Waals surface area contributed by atoms with E-state index in [0.29, 0.717) is 23.8 Å². The maximum absolute atomic E-state index is 12.7. The third-order valence-electron chi connectivity index (χ3n) is 5.26. The molecule has 1 N–H and O–H groups in total. The Morgan fingerprint density at radius 2 is 1.79 bits per heavy atom. The fourth-order valence-corrected chi connectivity index (χ4v) is 3.51. The van der Waals surface area contributed by atoms with Crippen molar-refractivity contribution in [3.63, 3.8) is 0 Å². The largest absolute Gasteiger partial charge is 0.497 e. The van der Waals surface area contributed by atoms with Crippen LogP contribution in [0.3, 0.4) is 0 Å². The quantitative estimate of drug-likeness (QED) is 0.795. The lowest BCUT2D eigenvalue weighted by Gasteiger charge is -2.35. The van der Waals surface area contributed by atoms with Crippen LogP contribution in [0.25, 0.3) is 0 Å². The van der Waals surface area contributed by atoms with Crippen molar-refractivity contribution in [3.05, 3.63) is 65.2 Å². The molecule has 1 amide bonds. The van der Waals surface area contributed by atoms with Crippen LogP contribution in [0.2, 0.25) is 0 Å². The molecule has 0 radical (unpaired) electrons. The summed E-state index contributed by atoms with van der Waals surface area (Å²) in [5.41, 5.74) is 3.15. The molecule has 1 atom stereocenters. The zero-order valence-corrected chi connectivity index (χ0v) is 17.0. The predicted octanol–water partition coefficient (Wildman–Crippen LogP) is 3.62. The summed E-state index contributed by atoms with van der Waals surface area (Å²) in [6.07, 6.45) is 0. The fraction of sp³-hybridized carbons (Fsp3) is 0.435. The van der Waals surface area contributed by atoms with E-state index < -0.39 is 0 Å². The van der Waals surface area contributed by atoms with E-state index in [1.807, 2.05) is 12.1 Å². The number of carbonyl (C=O) groups excluding carboxylic acids is 1. The minimum atomic E-state index is -0.0871. The Balaban J connectivity index is 1.74. The molecule has 28 heavy (non-hydrogen) atoms. The van der Waals surface area contributed by atoms with Gasteiger partial charge in [0.1, 0.15) is 5.75 Å². The zero-order valence-electron chi connectivity index (χ0n) is 17.0. The molecule has 5 heteroatoms. The van der Waals surface area contributed by atoms with Crippen LogP contribution in [0.5, 0.6) is 5.75 Å². The van der Waals surface area contributed by atoms with Crippen molar-refractivity contribution >= 4 is 5.91 Å². The number of nitrogens with zero attached hydrogens (tertiary/aromatic N) is 1.